The highest BCUT2D eigenvalue weighted by molar-refractivity contribution is 5.78. The van der Waals surface area contributed by atoms with Gasteiger partial charge in [0, 0.05) is 6.54 Å². The Morgan fingerprint density at radius 3 is 2.81 bits per heavy atom. The van der Waals surface area contributed by atoms with Gasteiger partial charge in [0.25, 0.3) is 11.5 Å². The first-order chi connectivity index (χ1) is 10.2. The van der Waals surface area contributed by atoms with Gasteiger partial charge in [0.15, 0.2) is 0 Å². The smallest absolute Gasteiger partial charge is 0.307 e. The molecule has 1 saturated heterocycles. The number of hydroxylamine groups is 2. The molecule has 0 spiro atoms. The number of para-hydroxylation sites is 1. The van der Waals surface area contributed by atoms with Crippen LogP contribution in [0, 0.1) is 0 Å². The highest BCUT2D eigenvalue weighted by atomic mass is 16.7. The van der Waals surface area contributed by atoms with E-state index in [1.54, 1.807) is 24.3 Å². The van der Waals surface area contributed by atoms with Crippen LogP contribution in [0.2, 0.25) is 0 Å². The lowest BCUT2D eigenvalue weighted by atomic mass is 10.2. The van der Waals surface area contributed by atoms with Gasteiger partial charge in [-0.2, -0.15) is 0 Å². The van der Waals surface area contributed by atoms with Gasteiger partial charge in [-0.15, -0.1) is 0 Å². The molecule has 1 N–H and O–H groups in total. The molecule has 0 bridgehead atoms. The topological polar surface area (TPSA) is 84.4 Å². The van der Waals surface area contributed by atoms with Gasteiger partial charge >= 0.3 is 5.69 Å². The number of nitrogens with one attached hydrogen (secondary N) is 1. The van der Waals surface area contributed by atoms with Crippen molar-refractivity contribution in [2.24, 2.45) is 0 Å². The normalized spacial score (nSPS) is 15.3. The highest BCUT2D eigenvalue weighted by Gasteiger charge is 2.20. The van der Waals surface area contributed by atoms with E-state index in [-0.39, 0.29) is 6.54 Å². The minimum absolute atomic E-state index is 0.320. The van der Waals surface area contributed by atoms with Gasteiger partial charge in [0.1, 0.15) is 6.54 Å². The standard InChI is InChI=1S/C14H15N3O4/c18-12(17-7-3-4-8-21-17)9-16-13(19)10-5-1-2-6-11(10)15-14(16)20/h1-2,5-6H,3-4,7-9H2,(H,15,20). The van der Waals surface area contributed by atoms with Crippen LogP contribution in [-0.2, 0) is 16.2 Å². The number of hydrogen-bond acceptors (Lipinski definition) is 4. The number of nitrogens with zero attached hydrogens (tertiary/aromatic N) is 2. The number of rotatable bonds is 2. The van der Waals surface area contributed by atoms with Crippen LogP contribution in [0.3, 0.4) is 0 Å². The van der Waals surface area contributed by atoms with Crippen LogP contribution in [0.1, 0.15) is 12.8 Å². The molecule has 0 aliphatic carbocycles. The average Bonchev–Trinajstić information content (AvgIpc) is 2.52. The molecule has 1 aliphatic heterocycles. The number of H-pyrrole nitrogens is 1. The molecule has 7 heteroatoms. The molecule has 2 heterocycles. The Labute approximate surface area is 119 Å². The summed E-state index contributed by atoms with van der Waals surface area (Å²) in [5.41, 5.74) is -0.603. The second-order valence-electron chi connectivity index (χ2n) is 4.90. The summed E-state index contributed by atoms with van der Waals surface area (Å²) in [6.07, 6.45) is 1.76. The first kappa shape index (κ1) is 13.6. The third-order valence-corrected chi connectivity index (χ3v) is 3.46. The van der Waals surface area contributed by atoms with Crippen LogP contribution in [0.5, 0.6) is 0 Å². The fourth-order valence-electron chi connectivity index (χ4n) is 2.35. The van der Waals surface area contributed by atoms with Crippen molar-refractivity contribution in [3.8, 4) is 0 Å². The number of aromatic amines is 1. The molecule has 1 aromatic carbocycles. The van der Waals surface area contributed by atoms with Crippen molar-refractivity contribution in [3.63, 3.8) is 0 Å². The quantitative estimate of drug-likeness (QED) is 0.858. The van der Waals surface area contributed by atoms with Crippen molar-refractivity contribution in [1.29, 1.82) is 0 Å². The molecule has 21 heavy (non-hydrogen) atoms. The van der Waals surface area contributed by atoms with E-state index in [2.05, 4.69) is 4.98 Å². The Morgan fingerprint density at radius 1 is 1.24 bits per heavy atom. The van der Waals surface area contributed by atoms with E-state index in [4.69, 9.17) is 4.84 Å². The van der Waals surface area contributed by atoms with Crippen LogP contribution in [0.4, 0.5) is 0 Å². The van der Waals surface area contributed by atoms with Gasteiger partial charge in [0.05, 0.1) is 17.5 Å². The van der Waals surface area contributed by atoms with Crippen LogP contribution >= 0.6 is 0 Å². The average molecular weight is 289 g/mol. The van der Waals surface area contributed by atoms with Gasteiger partial charge in [-0.1, -0.05) is 12.1 Å². The van der Waals surface area contributed by atoms with Gasteiger partial charge in [-0.25, -0.2) is 9.86 Å². The Morgan fingerprint density at radius 2 is 2.05 bits per heavy atom. The second kappa shape index (κ2) is 5.53. The third kappa shape index (κ3) is 2.59. The molecule has 0 atom stereocenters. The second-order valence-corrected chi connectivity index (χ2v) is 4.90. The lowest BCUT2D eigenvalue weighted by Gasteiger charge is -2.25. The maximum atomic E-state index is 12.3. The molecule has 0 saturated carbocycles. The summed E-state index contributed by atoms with van der Waals surface area (Å²) < 4.78 is 0.905. The molecule has 1 aliphatic rings. The van der Waals surface area contributed by atoms with Crippen LogP contribution in [0.15, 0.2) is 33.9 Å². The van der Waals surface area contributed by atoms with Crippen molar-refractivity contribution >= 4 is 16.8 Å². The van der Waals surface area contributed by atoms with Crippen molar-refractivity contribution in [2.75, 3.05) is 13.2 Å². The Balaban J connectivity index is 1.95. The van der Waals surface area contributed by atoms with E-state index < -0.39 is 17.2 Å². The SMILES string of the molecule is O=C(Cn1c(=O)[nH]c2ccccc2c1=O)N1CCCCO1. The summed E-state index contributed by atoms with van der Waals surface area (Å²) in [5, 5.41) is 1.61. The zero-order chi connectivity index (χ0) is 14.8. The molecule has 1 fully saturated rings. The van der Waals surface area contributed by atoms with E-state index in [0.29, 0.717) is 24.1 Å². The first-order valence-corrected chi connectivity index (χ1v) is 6.82. The van der Waals surface area contributed by atoms with Crippen LogP contribution in [0.25, 0.3) is 10.9 Å². The lowest BCUT2D eigenvalue weighted by Crippen LogP contribution is -2.43. The predicted molar refractivity (Wildman–Crippen MR) is 75.7 cm³/mol. The molecular formula is C14H15N3O4. The molecule has 7 nitrogen and oxygen atoms in total. The van der Waals surface area contributed by atoms with E-state index in [9.17, 15) is 14.4 Å². The molecule has 3 rings (SSSR count). The number of hydrogen-bond donors (Lipinski definition) is 1. The van der Waals surface area contributed by atoms with Crippen LogP contribution in [-0.4, -0.2) is 33.7 Å². The maximum absolute atomic E-state index is 12.3. The number of carbonyl (C=O) groups excluding carboxylic acids is 1. The minimum atomic E-state index is -0.593. The number of carbonyl (C=O) groups is 1. The zero-order valence-electron chi connectivity index (χ0n) is 11.4. The Hall–Kier alpha value is -2.41. The summed E-state index contributed by atoms with van der Waals surface area (Å²) in [7, 11) is 0. The van der Waals surface area contributed by atoms with Crippen molar-refractivity contribution in [3.05, 3.63) is 45.1 Å². The number of aromatic nitrogens is 2. The summed E-state index contributed by atoms with van der Waals surface area (Å²) in [6, 6.07) is 6.71. The first-order valence-electron chi connectivity index (χ1n) is 6.82. The van der Waals surface area contributed by atoms with Gasteiger partial charge in [-0.3, -0.25) is 19.0 Å². The van der Waals surface area contributed by atoms with Gasteiger partial charge in [0.2, 0.25) is 0 Å². The summed E-state index contributed by atoms with van der Waals surface area (Å²) in [6.45, 7) is 0.646. The molecule has 2 aromatic rings. The summed E-state index contributed by atoms with van der Waals surface area (Å²) in [4.78, 5) is 44.2. The summed E-state index contributed by atoms with van der Waals surface area (Å²) >= 11 is 0. The largest absolute Gasteiger partial charge is 0.329 e. The van der Waals surface area contributed by atoms with Gasteiger partial charge in [-0.05, 0) is 25.0 Å². The third-order valence-electron chi connectivity index (χ3n) is 3.46. The Kier molecular flexibility index (Phi) is 3.57. The molecular weight excluding hydrogens is 274 g/mol. The summed E-state index contributed by atoms with van der Waals surface area (Å²) in [5.74, 6) is -0.391. The monoisotopic (exact) mass is 289 g/mol. The van der Waals surface area contributed by atoms with Crippen molar-refractivity contribution in [2.45, 2.75) is 19.4 Å². The zero-order valence-corrected chi connectivity index (χ0v) is 11.4. The molecule has 0 unspecified atom stereocenters. The van der Waals surface area contributed by atoms with Crippen molar-refractivity contribution < 1.29 is 9.63 Å². The van der Waals surface area contributed by atoms with Crippen LogP contribution < -0.4 is 11.2 Å². The number of benzene rings is 1. The predicted octanol–water partition coefficient (Wildman–Crippen LogP) is 0.244. The fraction of sp³-hybridized carbons (Fsp3) is 0.357. The van der Waals surface area contributed by atoms with E-state index in [1.165, 1.54) is 5.06 Å². The van der Waals surface area contributed by atoms with E-state index >= 15 is 0 Å². The number of fused-ring (bicyclic) bond motifs is 1. The van der Waals surface area contributed by atoms with E-state index in [1.807, 2.05) is 0 Å². The molecule has 1 amide bonds. The maximum Gasteiger partial charge on any atom is 0.329 e. The lowest BCUT2D eigenvalue weighted by molar-refractivity contribution is -0.197. The van der Waals surface area contributed by atoms with Crippen molar-refractivity contribution in [1.82, 2.24) is 14.6 Å². The Bertz CT molecular complexity index is 787. The number of amides is 1. The molecule has 110 valence electrons. The minimum Gasteiger partial charge on any atom is -0.307 e. The molecule has 1 aromatic heterocycles. The van der Waals surface area contributed by atoms with Gasteiger partial charge < -0.3 is 4.98 Å². The fourth-order valence-corrected chi connectivity index (χ4v) is 2.35. The highest BCUT2D eigenvalue weighted by Crippen LogP contribution is 2.07. The molecule has 0 radical (unpaired) electrons. The van der Waals surface area contributed by atoms with E-state index in [0.717, 1.165) is 17.4 Å².